The average Bonchev–Trinajstić information content (AvgIpc) is 3.48. The summed E-state index contributed by atoms with van der Waals surface area (Å²) in [6.45, 7) is 5.13. The van der Waals surface area contributed by atoms with E-state index < -0.39 is 59.6 Å². The molecule has 0 saturated heterocycles. The van der Waals surface area contributed by atoms with Crippen molar-refractivity contribution in [1.29, 1.82) is 0 Å². The molecule has 2 aromatic carbocycles. The maximum absolute atomic E-state index is 13.6. The van der Waals surface area contributed by atoms with E-state index in [1.54, 1.807) is 39.0 Å². The number of rotatable bonds is 17. The van der Waals surface area contributed by atoms with E-state index in [2.05, 4.69) is 21.4 Å². The van der Waals surface area contributed by atoms with Crippen LogP contribution in [0.2, 0.25) is 0 Å². The minimum atomic E-state index is -1.21. The summed E-state index contributed by atoms with van der Waals surface area (Å²) in [6.07, 6.45) is 4.22. The Morgan fingerprint density at radius 1 is 0.938 bits per heavy atom. The molecular formula is C34H41F2N5O7. The number of esters is 1. The standard InChI is InChI=1S/C34H41F2N5O7/c1-20(2)31(40-33(45)28-18-21(3)48-41-28)34(46)39-27(19-23-6-10-25(36)11-7-23)32(44)38-26(12-14-29(37)42)13-15-30(43)47-17-16-22-4-8-24(35)9-5-22/h4-11,13,15,18,20,26-28,31,41H,12,14,16-17,19H2,1-3H3,(H2,37,42)(H,38,44)(H,39,46)(H,40,45)/b15-13+/t26-,27-,28?,31+/m0/s1. The van der Waals surface area contributed by atoms with Crippen LogP contribution in [0.4, 0.5) is 8.78 Å². The van der Waals surface area contributed by atoms with Gasteiger partial charge in [0, 0.05) is 31.4 Å². The van der Waals surface area contributed by atoms with Crippen molar-refractivity contribution in [2.24, 2.45) is 11.7 Å². The predicted octanol–water partition coefficient (Wildman–Crippen LogP) is 2.03. The number of amides is 4. The number of carbonyl (C=O) groups excluding carboxylic acids is 5. The van der Waals surface area contributed by atoms with Crippen LogP contribution in [-0.2, 0) is 46.4 Å². The molecule has 4 amide bonds. The van der Waals surface area contributed by atoms with Gasteiger partial charge in [-0.2, -0.15) is 0 Å². The largest absolute Gasteiger partial charge is 0.462 e. The van der Waals surface area contributed by atoms with Crippen molar-refractivity contribution in [3.63, 3.8) is 0 Å². The Kier molecular flexibility index (Phi) is 14.2. The molecule has 0 aromatic heterocycles. The van der Waals surface area contributed by atoms with Gasteiger partial charge in [0.05, 0.1) is 6.61 Å². The number of hydrogen-bond donors (Lipinski definition) is 5. The molecular weight excluding hydrogens is 628 g/mol. The molecule has 3 rings (SSSR count). The van der Waals surface area contributed by atoms with E-state index in [9.17, 15) is 32.8 Å². The van der Waals surface area contributed by atoms with Crippen LogP contribution in [0.5, 0.6) is 0 Å². The van der Waals surface area contributed by atoms with E-state index >= 15 is 0 Å². The number of nitrogens with one attached hydrogen (secondary N) is 4. The van der Waals surface area contributed by atoms with Crippen molar-refractivity contribution in [1.82, 2.24) is 21.4 Å². The minimum Gasteiger partial charge on any atom is -0.462 e. The molecule has 1 aliphatic rings. The third-order valence-corrected chi connectivity index (χ3v) is 7.31. The molecule has 0 fully saturated rings. The summed E-state index contributed by atoms with van der Waals surface area (Å²) in [5.74, 6) is -3.93. The molecule has 1 unspecified atom stereocenters. The first kappa shape index (κ1) is 37.3. The van der Waals surface area contributed by atoms with E-state index in [1.807, 2.05) is 0 Å². The van der Waals surface area contributed by atoms with E-state index in [0.717, 1.165) is 11.6 Å². The molecule has 0 spiro atoms. The number of nitrogens with two attached hydrogens (primary N) is 1. The maximum Gasteiger partial charge on any atom is 0.330 e. The zero-order chi connectivity index (χ0) is 35.2. The number of allylic oxidation sites excluding steroid dienone is 1. The van der Waals surface area contributed by atoms with E-state index in [4.69, 9.17) is 15.3 Å². The van der Waals surface area contributed by atoms with Crippen molar-refractivity contribution in [3.8, 4) is 0 Å². The van der Waals surface area contributed by atoms with Crippen molar-refractivity contribution in [2.75, 3.05) is 6.61 Å². The van der Waals surface area contributed by atoms with Gasteiger partial charge >= 0.3 is 5.97 Å². The maximum atomic E-state index is 13.6. The second kappa shape index (κ2) is 18.3. The Morgan fingerprint density at radius 2 is 1.56 bits per heavy atom. The number of hydrogen-bond acceptors (Lipinski definition) is 8. The number of primary amides is 1. The van der Waals surface area contributed by atoms with Crippen LogP contribution < -0.4 is 27.2 Å². The van der Waals surface area contributed by atoms with Crippen molar-refractivity contribution < 1.29 is 42.3 Å². The quantitative estimate of drug-likeness (QED) is 0.126. The highest BCUT2D eigenvalue weighted by atomic mass is 19.1. The average molecular weight is 670 g/mol. The van der Waals surface area contributed by atoms with Gasteiger partial charge in [-0.1, -0.05) is 44.2 Å². The number of benzene rings is 2. The van der Waals surface area contributed by atoms with Crippen molar-refractivity contribution >= 4 is 29.6 Å². The van der Waals surface area contributed by atoms with E-state index in [1.165, 1.54) is 42.5 Å². The van der Waals surface area contributed by atoms with E-state index in [-0.39, 0.29) is 37.6 Å². The molecule has 2 aromatic rings. The minimum absolute atomic E-state index is 0.0200. The van der Waals surface area contributed by atoms with Crippen LogP contribution in [0.3, 0.4) is 0 Å². The Morgan fingerprint density at radius 3 is 2.12 bits per heavy atom. The highest BCUT2D eigenvalue weighted by Gasteiger charge is 2.32. The smallest absolute Gasteiger partial charge is 0.330 e. The monoisotopic (exact) mass is 669 g/mol. The lowest BCUT2D eigenvalue weighted by Gasteiger charge is -2.27. The first-order chi connectivity index (χ1) is 22.8. The normalized spacial score (nSPS) is 16.0. The Bertz CT molecular complexity index is 1500. The molecule has 48 heavy (non-hydrogen) atoms. The summed E-state index contributed by atoms with van der Waals surface area (Å²) in [5.41, 5.74) is 9.17. The van der Waals surface area contributed by atoms with Gasteiger partial charge in [0.2, 0.25) is 23.6 Å². The summed E-state index contributed by atoms with van der Waals surface area (Å²) in [4.78, 5) is 69.0. The van der Waals surface area contributed by atoms with Crippen LogP contribution in [0.25, 0.3) is 0 Å². The van der Waals surface area contributed by atoms with Gasteiger partial charge in [-0.25, -0.2) is 13.6 Å². The van der Waals surface area contributed by atoms with Crippen LogP contribution in [-0.4, -0.2) is 60.4 Å². The van der Waals surface area contributed by atoms with Crippen LogP contribution in [0.15, 0.2) is 72.5 Å². The van der Waals surface area contributed by atoms with Gasteiger partial charge in [0.1, 0.15) is 35.5 Å². The van der Waals surface area contributed by atoms with Gasteiger partial charge in [-0.3, -0.25) is 19.2 Å². The molecule has 1 aliphatic heterocycles. The van der Waals surface area contributed by atoms with Gasteiger partial charge in [-0.05, 0) is 60.7 Å². The number of carbonyl (C=O) groups is 5. The van der Waals surface area contributed by atoms with Gasteiger partial charge in [0.15, 0.2) is 0 Å². The first-order valence-corrected chi connectivity index (χ1v) is 15.4. The van der Waals surface area contributed by atoms with Gasteiger partial charge in [-0.15, -0.1) is 5.48 Å². The summed E-state index contributed by atoms with van der Waals surface area (Å²) in [6, 6.07) is 7.20. The molecule has 258 valence electrons. The summed E-state index contributed by atoms with van der Waals surface area (Å²) in [7, 11) is 0. The fourth-order valence-corrected chi connectivity index (χ4v) is 4.65. The molecule has 0 bridgehead atoms. The Hall–Kier alpha value is -5.11. The van der Waals surface area contributed by atoms with Gasteiger partial charge in [0.25, 0.3) is 0 Å². The SMILES string of the molecule is CC1=CC(C(=O)N[C@@H](C(=O)N[C@@H](Cc2ccc(F)cc2)C(=O)N[C@H](/C=C/C(=O)OCCc2ccc(F)cc2)CCC(N)=O)C(C)C)NO1. The highest BCUT2D eigenvalue weighted by molar-refractivity contribution is 5.94. The molecule has 4 atom stereocenters. The molecule has 12 nitrogen and oxygen atoms in total. The lowest BCUT2D eigenvalue weighted by Crippen LogP contribution is -2.58. The summed E-state index contributed by atoms with van der Waals surface area (Å²) < 4.78 is 31.9. The fraction of sp³-hybridized carbons (Fsp3) is 0.382. The lowest BCUT2D eigenvalue weighted by molar-refractivity contribution is -0.137. The second-order valence-corrected chi connectivity index (χ2v) is 11.6. The van der Waals surface area contributed by atoms with Crippen molar-refractivity contribution in [3.05, 3.63) is 95.3 Å². The van der Waals surface area contributed by atoms with Crippen LogP contribution >= 0.6 is 0 Å². The third-order valence-electron chi connectivity index (χ3n) is 7.31. The topological polar surface area (TPSA) is 178 Å². The van der Waals surface area contributed by atoms with Gasteiger partial charge < -0.3 is 31.3 Å². The van der Waals surface area contributed by atoms with E-state index in [0.29, 0.717) is 17.7 Å². The third kappa shape index (κ3) is 12.6. The Balaban J connectivity index is 1.72. The molecule has 14 heteroatoms. The molecule has 6 N–H and O–H groups in total. The number of halogens is 2. The van der Waals surface area contributed by atoms with Crippen LogP contribution in [0.1, 0.15) is 44.7 Å². The molecule has 0 radical (unpaired) electrons. The number of ether oxygens (including phenoxy) is 1. The summed E-state index contributed by atoms with van der Waals surface area (Å²) >= 11 is 0. The fourth-order valence-electron chi connectivity index (χ4n) is 4.65. The van der Waals surface area contributed by atoms with Crippen LogP contribution in [0, 0.1) is 17.6 Å². The zero-order valence-electron chi connectivity index (χ0n) is 27.0. The number of hydroxylamine groups is 1. The molecule has 1 heterocycles. The summed E-state index contributed by atoms with van der Waals surface area (Å²) in [5, 5.41) is 8.09. The first-order valence-electron chi connectivity index (χ1n) is 15.4. The second-order valence-electron chi connectivity index (χ2n) is 11.6. The Labute approximate surface area is 277 Å². The highest BCUT2D eigenvalue weighted by Crippen LogP contribution is 2.12. The predicted molar refractivity (Wildman–Crippen MR) is 171 cm³/mol. The van der Waals surface area contributed by atoms with Crippen molar-refractivity contribution in [2.45, 2.75) is 70.6 Å². The zero-order valence-corrected chi connectivity index (χ0v) is 27.0. The molecule has 0 saturated carbocycles. The molecule has 0 aliphatic carbocycles. The lowest BCUT2D eigenvalue weighted by atomic mass is 10.00.